The van der Waals surface area contributed by atoms with Crippen LogP contribution < -0.4 is 20.3 Å². The molecule has 43 heavy (non-hydrogen) atoms. The minimum Gasteiger partial charge on any atom is -0.481 e. The zero-order valence-electron chi connectivity index (χ0n) is 23.4. The van der Waals surface area contributed by atoms with Crippen LogP contribution in [0.5, 0.6) is 5.88 Å². The first-order valence-electron chi connectivity index (χ1n) is 13.9. The van der Waals surface area contributed by atoms with Crippen LogP contribution in [0.25, 0.3) is 5.65 Å². The topological polar surface area (TPSA) is 146 Å². The van der Waals surface area contributed by atoms with Gasteiger partial charge >= 0.3 is 0 Å². The molecule has 0 aliphatic carbocycles. The molecule has 3 N–H and O–H groups in total. The van der Waals surface area contributed by atoms with E-state index in [1.54, 1.807) is 17.2 Å². The number of anilines is 2. The number of carbonyl (C=O) groups excluding carboxylic acids is 2. The number of aliphatic hydroxyl groups is 1. The van der Waals surface area contributed by atoms with Gasteiger partial charge in [-0.3, -0.25) is 9.59 Å². The number of halogens is 1. The Kier molecular flexibility index (Phi) is 8.13. The highest BCUT2D eigenvalue weighted by Gasteiger charge is 2.33. The molecule has 0 spiro atoms. The lowest BCUT2D eigenvalue weighted by Gasteiger charge is -2.35. The average Bonchev–Trinajstić information content (AvgIpc) is 3.48. The van der Waals surface area contributed by atoms with Crippen LogP contribution in [0.4, 0.5) is 15.8 Å². The Labute approximate surface area is 246 Å². The summed E-state index contributed by atoms with van der Waals surface area (Å²) in [7, 11) is 1.47. The highest BCUT2D eigenvalue weighted by atomic mass is 19.1. The third kappa shape index (κ3) is 5.84. The average molecular weight is 591 g/mol. The SMILES string of the molecule is COc1ncc(F)cc1C1NCCOC1c1ccn2ncc(C(=O)Nc3ccc(N4CCN(C(=O)CO)CC4)cc3)c2n1. The molecule has 5 heterocycles. The van der Waals surface area contributed by atoms with E-state index >= 15 is 0 Å². The molecule has 4 aromatic rings. The van der Waals surface area contributed by atoms with Gasteiger partial charge in [-0.1, -0.05) is 0 Å². The van der Waals surface area contributed by atoms with Crippen molar-refractivity contribution in [1.82, 2.24) is 29.8 Å². The third-order valence-electron chi connectivity index (χ3n) is 7.63. The van der Waals surface area contributed by atoms with E-state index < -0.39 is 24.6 Å². The summed E-state index contributed by atoms with van der Waals surface area (Å²) in [5.41, 5.74) is 3.24. The normalized spacial score (nSPS) is 19.0. The van der Waals surface area contributed by atoms with E-state index in [4.69, 9.17) is 19.6 Å². The van der Waals surface area contributed by atoms with E-state index in [2.05, 4.69) is 25.6 Å². The van der Waals surface area contributed by atoms with Crippen LogP contribution in [0.2, 0.25) is 0 Å². The molecule has 13 nitrogen and oxygen atoms in total. The molecule has 6 rings (SSSR count). The number of aromatic nitrogens is 4. The van der Waals surface area contributed by atoms with Gasteiger partial charge in [-0.15, -0.1) is 0 Å². The van der Waals surface area contributed by atoms with Crippen molar-refractivity contribution in [2.75, 3.05) is 63.3 Å². The van der Waals surface area contributed by atoms with Crippen molar-refractivity contribution in [3.8, 4) is 5.88 Å². The number of ether oxygens (including phenoxy) is 2. The van der Waals surface area contributed by atoms with Gasteiger partial charge in [0.25, 0.3) is 5.91 Å². The summed E-state index contributed by atoms with van der Waals surface area (Å²) in [4.78, 5) is 37.6. The summed E-state index contributed by atoms with van der Waals surface area (Å²) in [6.07, 6.45) is 3.66. The molecule has 2 atom stereocenters. The predicted molar refractivity (Wildman–Crippen MR) is 153 cm³/mol. The lowest BCUT2D eigenvalue weighted by Crippen LogP contribution is -2.49. The zero-order valence-corrected chi connectivity index (χ0v) is 23.4. The number of piperazine rings is 1. The summed E-state index contributed by atoms with van der Waals surface area (Å²) in [6.45, 7) is 2.86. The fourth-order valence-electron chi connectivity index (χ4n) is 5.44. The van der Waals surface area contributed by atoms with Crippen LogP contribution in [0.15, 0.2) is 55.0 Å². The first-order chi connectivity index (χ1) is 20.9. The fourth-order valence-corrected chi connectivity index (χ4v) is 5.44. The van der Waals surface area contributed by atoms with E-state index in [1.807, 2.05) is 24.3 Å². The van der Waals surface area contributed by atoms with Crippen LogP contribution in [0.3, 0.4) is 0 Å². The van der Waals surface area contributed by atoms with Crippen LogP contribution >= 0.6 is 0 Å². The Balaban J connectivity index is 1.19. The van der Waals surface area contributed by atoms with Crippen LogP contribution in [0.1, 0.15) is 33.8 Å². The van der Waals surface area contributed by atoms with Gasteiger partial charge in [0.1, 0.15) is 24.1 Å². The Morgan fingerprint density at radius 2 is 1.95 bits per heavy atom. The van der Waals surface area contributed by atoms with Crippen LogP contribution in [-0.2, 0) is 9.53 Å². The molecule has 2 unspecified atom stereocenters. The Hall–Kier alpha value is -4.66. The van der Waals surface area contributed by atoms with Crippen molar-refractivity contribution in [3.05, 3.63) is 77.6 Å². The maximum absolute atomic E-state index is 14.1. The predicted octanol–water partition coefficient (Wildman–Crippen LogP) is 1.57. The summed E-state index contributed by atoms with van der Waals surface area (Å²) in [6, 6.07) is 10.1. The second kappa shape index (κ2) is 12.3. The standard InChI is InChI=1S/C29H31FN8O5/c1-42-29-21(14-18(30)15-32-29)25-26(43-13-7-31-25)23-6-8-38-27(35-23)22(16-33-38)28(41)34-19-2-4-20(5-3-19)36-9-11-37(12-10-36)24(40)17-39/h2-6,8,14-16,25-26,31,39H,7,9-13,17H2,1H3,(H,34,41). The number of aliphatic hydroxyl groups excluding tert-OH is 1. The molecule has 2 aliphatic rings. The van der Waals surface area contributed by atoms with E-state index in [0.717, 1.165) is 11.9 Å². The molecule has 0 bridgehead atoms. The highest BCUT2D eigenvalue weighted by molar-refractivity contribution is 6.08. The van der Waals surface area contributed by atoms with E-state index in [1.165, 1.54) is 23.9 Å². The van der Waals surface area contributed by atoms with Crippen molar-refractivity contribution in [2.24, 2.45) is 0 Å². The lowest BCUT2D eigenvalue weighted by molar-refractivity contribution is -0.134. The molecule has 2 aliphatic heterocycles. The minimum absolute atomic E-state index is 0.265. The van der Waals surface area contributed by atoms with Gasteiger partial charge in [0.05, 0.1) is 37.8 Å². The quantitative estimate of drug-likeness (QED) is 0.290. The second-order valence-electron chi connectivity index (χ2n) is 10.2. The molecule has 2 saturated heterocycles. The first-order valence-corrected chi connectivity index (χ1v) is 13.9. The minimum atomic E-state index is -0.599. The molecule has 1 aromatic carbocycles. The van der Waals surface area contributed by atoms with E-state index in [-0.39, 0.29) is 23.3 Å². The number of rotatable bonds is 7. The molecule has 3 aromatic heterocycles. The van der Waals surface area contributed by atoms with Crippen molar-refractivity contribution < 1.29 is 28.6 Å². The Morgan fingerprint density at radius 1 is 1.16 bits per heavy atom. The maximum atomic E-state index is 14.1. The molecular formula is C29H31FN8O5. The first kappa shape index (κ1) is 28.5. The van der Waals surface area contributed by atoms with Crippen LogP contribution in [0, 0.1) is 5.82 Å². The monoisotopic (exact) mass is 590 g/mol. The summed E-state index contributed by atoms with van der Waals surface area (Å²) in [5, 5.41) is 19.6. The number of carbonyl (C=O) groups is 2. The number of hydrogen-bond donors (Lipinski definition) is 3. The van der Waals surface area contributed by atoms with E-state index in [0.29, 0.717) is 61.9 Å². The Bertz CT molecular complexity index is 1620. The molecule has 2 fully saturated rings. The fraction of sp³-hybridized carbons (Fsp3) is 0.345. The maximum Gasteiger partial charge on any atom is 0.261 e. The number of morpholine rings is 1. The number of fused-ring (bicyclic) bond motifs is 1. The lowest BCUT2D eigenvalue weighted by atomic mass is 9.98. The van der Waals surface area contributed by atoms with Crippen molar-refractivity contribution in [1.29, 1.82) is 0 Å². The number of amides is 2. The number of nitrogens with zero attached hydrogens (tertiary/aromatic N) is 6. The number of hydrogen-bond acceptors (Lipinski definition) is 10. The van der Waals surface area contributed by atoms with Gasteiger partial charge in [-0.2, -0.15) is 5.10 Å². The number of benzene rings is 1. The molecule has 14 heteroatoms. The number of methoxy groups -OCH3 is 1. The highest BCUT2D eigenvalue weighted by Crippen LogP contribution is 2.37. The molecule has 0 saturated carbocycles. The largest absolute Gasteiger partial charge is 0.481 e. The van der Waals surface area contributed by atoms with Crippen LogP contribution in [-0.4, -0.2) is 94.5 Å². The zero-order chi connectivity index (χ0) is 29.9. The molecule has 0 radical (unpaired) electrons. The Morgan fingerprint density at radius 3 is 2.70 bits per heavy atom. The van der Waals surface area contributed by atoms with Crippen molar-refractivity contribution in [3.63, 3.8) is 0 Å². The van der Waals surface area contributed by atoms with Crippen molar-refractivity contribution >= 4 is 28.8 Å². The molecule has 2 amide bonds. The van der Waals surface area contributed by atoms with Gasteiger partial charge in [0.15, 0.2) is 5.65 Å². The number of pyridine rings is 1. The van der Waals surface area contributed by atoms with Gasteiger partial charge < -0.3 is 35.0 Å². The summed E-state index contributed by atoms with van der Waals surface area (Å²) in [5.74, 6) is -0.854. The second-order valence-corrected chi connectivity index (χ2v) is 10.2. The molecule has 224 valence electrons. The third-order valence-corrected chi connectivity index (χ3v) is 7.63. The van der Waals surface area contributed by atoms with Gasteiger partial charge in [0.2, 0.25) is 11.8 Å². The van der Waals surface area contributed by atoms with Gasteiger partial charge in [0, 0.05) is 55.9 Å². The molecular weight excluding hydrogens is 559 g/mol. The van der Waals surface area contributed by atoms with E-state index in [9.17, 15) is 14.0 Å². The smallest absolute Gasteiger partial charge is 0.261 e. The summed E-state index contributed by atoms with van der Waals surface area (Å²) < 4.78 is 27.1. The van der Waals surface area contributed by atoms with Crippen molar-refractivity contribution in [2.45, 2.75) is 12.1 Å². The summed E-state index contributed by atoms with van der Waals surface area (Å²) >= 11 is 0. The van der Waals surface area contributed by atoms with Gasteiger partial charge in [-0.05, 0) is 36.4 Å². The number of nitrogens with one attached hydrogen (secondary N) is 2. The van der Waals surface area contributed by atoms with Gasteiger partial charge in [-0.25, -0.2) is 18.9 Å².